The van der Waals surface area contributed by atoms with Gasteiger partial charge in [0, 0.05) is 29.3 Å². The van der Waals surface area contributed by atoms with E-state index in [0.717, 1.165) is 0 Å². The van der Waals surface area contributed by atoms with Crippen LogP contribution in [0.25, 0.3) is 0 Å². The van der Waals surface area contributed by atoms with E-state index in [0.29, 0.717) is 12.2 Å². The summed E-state index contributed by atoms with van der Waals surface area (Å²) in [5, 5.41) is 0.0659. The Balaban J connectivity index is 1.72. The summed E-state index contributed by atoms with van der Waals surface area (Å²) in [7, 11) is -2.07. The Labute approximate surface area is 168 Å². The van der Waals surface area contributed by atoms with Gasteiger partial charge in [0.2, 0.25) is 0 Å². The molecule has 0 aromatic carbocycles. The minimum atomic E-state index is -2.07. The molecule has 0 bridgehead atoms. The van der Waals surface area contributed by atoms with Crippen molar-refractivity contribution < 1.29 is 23.5 Å². The maximum absolute atomic E-state index is 11.9. The molecule has 0 saturated carbocycles. The van der Waals surface area contributed by atoms with Gasteiger partial charge in [-0.25, -0.2) is 4.79 Å². The van der Waals surface area contributed by atoms with Crippen molar-refractivity contribution in [2.45, 2.75) is 46.4 Å². The normalized spacial score (nSPS) is 23.7. The van der Waals surface area contributed by atoms with Gasteiger partial charge < -0.3 is 18.7 Å². The lowest BCUT2D eigenvalue weighted by atomic mass is 10.00. The molecule has 2 rings (SSSR count). The summed E-state index contributed by atoms with van der Waals surface area (Å²) >= 11 is 1.17. The number of nitrogens with one attached hydrogen (secondary N) is 1. The highest BCUT2D eigenvalue weighted by molar-refractivity contribution is 8.13. The summed E-state index contributed by atoms with van der Waals surface area (Å²) in [5.41, 5.74) is -1.40. The van der Waals surface area contributed by atoms with E-state index in [4.69, 9.17) is 13.8 Å². The third-order valence-corrected chi connectivity index (χ3v) is 6.10. The molecule has 0 radical (unpaired) electrons. The quantitative estimate of drug-likeness (QED) is 0.471. The number of nitrogens with zero attached hydrogens (tertiary/aromatic N) is 1. The number of ether oxygens (including phenoxy) is 1. The van der Waals surface area contributed by atoms with Crippen LogP contribution in [0.15, 0.2) is 21.9 Å². The van der Waals surface area contributed by atoms with Crippen LogP contribution in [0.5, 0.6) is 0 Å². The van der Waals surface area contributed by atoms with Gasteiger partial charge in [-0.1, -0.05) is 39.5 Å². The molecule has 0 spiro atoms. The van der Waals surface area contributed by atoms with Crippen LogP contribution in [0.2, 0.25) is 0 Å². The van der Waals surface area contributed by atoms with Gasteiger partial charge in [0.05, 0.1) is 19.3 Å². The minimum absolute atomic E-state index is 0.0304. The van der Waals surface area contributed by atoms with E-state index >= 15 is 0 Å². The first kappa shape index (κ1) is 23.3. The number of hydrogen-bond donors (Lipinski definition) is 2. The van der Waals surface area contributed by atoms with Gasteiger partial charge in [-0.05, 0) is 6.42 Å². The van der Waals surface area contributed by atoms with Crippen molar-refractivity contribution in [3.63, 3.8) is 0 Å². The van der Waals surface area contributed by atoms with Crippen molar-refractivity contribution in [1.82, 2.24) is 9.55 Å². The van der Waals surface area contributed by atoms with Crippen LogP contribution in [0.4, 0.5) is 0 Å². The lowest BCUT2D eigenvalue weighted by Gasteiger charge is -2.18. The average Bonchev–Trinajstić information content (AvgIpc) is 2.96. The summed E-state index contributed by atoms with van der Waals surface area (Å²) in [4.78, 5) is 46.9. The summed E-state index contributed by atoms with van der Waals surface area (Å²) in [6.45, 7) is 7.80. The maximum Gasteiger partial charge on any atom is 0.330 e. The van der Waals surface area contributed by atoms with E-state index in [1.54, 1.807) is 0 Å². The molecule has 1 aliphatic rings. The number of rotatable bonds is 8. The first-order valence-electron chi connectivity index (χ1n) is 8.97. The molecule has 0 amide bonds. The van der Waals surface area contributed by atoms with Crippen molar-refractivity contribution in [2.75, 3.05) is 19.0 Å². The zero-order valence-electron chi connectivity index (χ0n) is 16.4. The monoisotopic (exact) mass is 434 g/mol. The number of thioether (sulfide) groups is 1. The number of H-pyrrole nitrogens is 1. The van der Waals surface area contributed by atoms with E-state index in [9.17, 15) is 19.3 Å². The van der Waals surface area contributed by atoms with E-state index < -0.39 is 31.5 Å². The Kier molecular flexibility index (Phi) is 8.42. The highest BCUT2D eigenvalue weighted by atomic mass is 32.2. The number of hydrogen-bond acceptors (Lipinski definition) is 8. The van der Waals surface area contributed by atoms with Crippen LogP contribution in [0.1, 0.15) is 40.3 Å². The lowest BCUT2D eigenvalue weighted by Crippen LogP contribution is -2.33. The molecule has 4 unspecified atom stereocenters. The van der Waals surface area contributed by atoms with E-state index in [2.05, 4.69) is 4.98 Å². The zero-order valence-corrected chi connectivity index (χ0v) is 18.1. The molecular weight excluding hydrogens is 407 g/mol. The average molecular weight is 434 g/mol. The second-order valence-corrected chi connectivity index (χ2v) is 9.69. The molecule has 0 aliphatic carbocycles. The van der Waals surface area contributed by atoms with Gasteiger partial charge >= 0.3 is 14.3 Å². The zero-order chi connectivity index (χ0) is 20.9. The second-order valence-electron chi connectivity index (χ2n) is 7.63. The fraction of sp³-hybridized carbons (Fsp3) is 0.706. The standard InChI is InChI=1S/C17H27N2O7PS/c1-11-9-12(26-14(11)19-6-5-13(20)18-16(19)22)10-25-27(23)24-7-8-28-15(21)17(2,3)4/h5-6,11-12,14,23H,7-10H2,1-4H3,(H,18,20,22). The largest absolute Gasteiger partial charge is 0.352 e. The predicted molar refractivity (Wildman–Crippen MR) is 107 cm³/mol. The fourth-order valence-corrected chi connectivity index (χ4v) is 4.17. The molecule has 2 heterocycles. The highest BCUT2D eigenvalue weighted by Gasteiger charge is 2.34. The topological polar surface area (TPSA) is 120 Å². The van der Waals surface area contributed by atoms with Gasteiger partial charge in [-0.2, -0.15) is 0 Å². The lowest BCUT2D eigenvalue weighted by molar-refractivity contribution is -0.117. The van der Waals surface area contributed by atoms with Crippen molar-refractivity contribution >= 4 is 25.5 Å². The van der Waals surface area contributed by atoms with Crippen molar-refractivity contribution in [3.05, 3.63) is 33.1 Å². The van der Waals surface area contributed by atoms with Gasteiger partial charge in [-0.3, -0.25) is 19.1 Å². The van der Waals surface area contributed by atoms with Crippen LogP contribution in [-0.4, -0.2) is 44.6 Å². The van der Waals surface area contributed by atoms with Gasteiger partial charge in [0.15, 0.2) is 5.12 Å². The van der Waals surface area contributed by atoms with Crippen molar-refractivity contribution in [2.24, 2.45) is 11.3 Å². The minimum Gasteiger partial charge on any atom is -0.352 e. The predicted octanol–water partition coefficient (Wildman–Crippen LogP) is 2.02. The number of aromatic amines is 1. The van der Waals surface area contributed by atoms with Crippen molar-refractivity contribution in [3.8, 4) is 0 Å². The van der Waals surface area contributed by atoms with Crippen LogP contribution in [0, 0.1) is 11.3 Å². The fourth-order valence-electron chi connectivity index (χ4n) is 2.64. The van der Waals surface area contributed by atoms with Crippen LogP contribution < -0.4 is 11.2 Å². The molecule has 158 valence electrons. The molecule has 1 fully saturated rings. The molecule has 2 N–H and O–H groups in total. The highest BCUT2D eigenvalue weighted by Crippen LogP contribution is 2.38. The third kappa shape index (κ3) is 6.79. The molecule has 9 nitrogen and oxygen atoms in total. The van der Waals surface area contributed by atoms with Crippen LogP contribution in [0.3, 0.4) is 0 Å². The second kappa shape index (κ2) is 10.1. The summed E-state index contributed by atoms with van der Waals surface area (Å²) in [6.07, 6.45) is 1.22. The van der Waals surface area contributed by atoms with Crippen molar-refractivity contribution in [1.29, 1.82) is 0 Å². The Hall–Kier alpha value is -1.03. The first-order chi connectivity index (χ1) is 13.1. The van der Waals surface area contributed by atoms with E-state index in [-0.39, 0.29) is 30.4 Å². The molecule has 11 heteroatoms. The summed E-state index contributed by atoms with van der Waals surface area (Å²) in [6, 6.07) is 1.27. The Morgan fingerprint density at radius 3 is 2.79 bits per heavy atom. The third-order valence-electron chi connectivity index (χ3n) is 4.08. The molecule has 1 aromatic heterocycles. The molecule has 28 heavy (non-hydrogen) atoms. The Morgan fingerprint density at radius 2 is 2.14 bits per heavy atom. The molecule has 1 aromatic rings. The number of carbonyl (C=O) groups is 1. The first-order valence-corrected chi connectivity index (χ1v) is 11.1. The van der Waals surface area contributed by atoms with Gasteiger partial charge in [0.1, 0.15) is 6.23 Å². The Morgan fingerprint density at radius 1 is 1.43 bits per heavy atom. The smallest absolute Gasteiger partial charge is 0.330 e. The van der Waals surface area contributed by atoms with E-state index in [1.165, 1.54) is 28.6 Å². The number of carbonyl (C=O) groups excluding carboxylic acids is 1. The van der Waals surface area contributed by atoms with Gasteiger partial charge in [-0.15, -0.1) is 0 Å². The molecule has 1 aliphatic heterocycles. The van der Waals surface area contributed by atoms with E-state index in [1.807, 2.05) is 27.7 Å². The molecule has 4 atom stereocenters. The maximum atomic E-state index is 11.9. The molecule has 1 saturated heterocycles. The Bertz CT molecular complexity index is 776. The SMILES string of the molecule is CC1CC(COP(O)OCCSC(=O)C(C)(C)C)OC1n1ccc(=O)[nH]c1=O. The summed E-state index contributed by atoms with van der Waals surface area (Å²) < 4.78 is 17.7. The number of aromatic nitrogens is 2. The summed E-state index contributed by atoms with van der Waals surface area (Å²) in [5.74, 6) is 0.468. The van der Waals surface area contributed by atoms with Gasteiger partial charge in [0.25, 0.3) is 5.56 Å². The molecular formula is C17H27N2O7PS. The van der Waals surface area contributed by atoms with Crippen LogP contribution in [-0.2, 0) is 18.6 Å². The van der Waals surface area contributed by atoms with Crippen LogP contribution >= 0.6 is 20.4 Å².